The summed E-state index contributed by atoms with van der Waals surface area (Å²) >= 11 is 0. The van der Waals surface area contributed by atoms with E-state index in [2.05, 4.69) is 10.3 Å². The third-order valence-corrected chi connectivity index (χ3v) is 5.28. The van der Waals surface area contributed by atoms with E-state index in [4.69, 9.17) is 19.8 Å². The van der Waals surface area contributed by atoms with Gasteiger partial charge in [0.15, 0.2) is 6.10 Å². The number of rotatable bonds is 8. The number of aromatic nitrogens is 1. The Kier molecular flexibility index (Phi) is 7.57. The molecule has 1 aliphatic carbocycles. The number of hydrogen-bond acceptors (Lipinski definition) is 6. The largest absolute Gasteiger partial charge is 0.479 e. The number of amides is 1. The molecule has 1 saturated carbocycles. The van der Waals surface area contributed by atoms with Gasteiger partial charge in [0.2, 0.25) is 5.88 Å². The van der Waals surface area contributed by atoms with Gasteiger partial charge in [0, 0.05) is 12.7 Å². The summed E-state index contributed by atoms with van der Waals surface area (Å²) in [6, 6.07) is 12.0. The van der Waals surface area contributed by atoms with E-state index in [1.807, 2.05) is 6.07 Å². The molecule has 1 aromatic carbocycles. The summed E-state index contributed by atoms with van der Waals surface area (Å²) in [5.41, 5.74) is 0.772. The van der Waals surface area contributed by atoms with Crippen molar-refractivity contribution < 1.29 is 24.2 Å². The van der Waals surface area contributed by atoms with Crippen molar-refractivity contribution in [1.29, 1.82) is 5.26 Å². The number of benzene rings is 1. The Hall–Kier alpha value is -3.44. The first kappa shape index (κ1) is 22.2. The number of ether oxygens (including phenoxy) is 2. The molecule has 8 nitrogen and oxygen atoms in total. The highest BCUT2D eigenvalue weighted by molar-refractivity contribution is 5.96. The standard InChI is InChI=1S/C23H25N3O5/c1-15(23(28)29)30-18-9-7-16(8-10-18)14-26-21(27)20-6-3-11-25-22(20)31-19-5-2-4-17(12-19)13-24/h2-6,11-12,15-16,18H,7-10,14H2,1H3,(H,26,27)(H,28,29). The van der Waals surface area contributed by atoms with Crippen molar-refractivity contribution in [3.63, 3.8) is 0 Å². The highest BCUT2D eigenvalue weighted by atomic mass is 16.5. The van der Waals surface area contributed by atoms with Crippen molar-refractivity contribution in [2.75, 3.05) is 6.54 Å². The zero-order valence-corrected chi connectivity index (χ0v) is 17.3. The first-order valence-corrected chi connectivity index (χ1v) is 10.3. The van der Waals surface area contributed by atoms with E-state index >= 15 is 0 Å². The maximum atomic E-state index is 12.7. The van der Waals surface area contributed by atoms with Crippen LogP contribution in [-0.2, 0) is 9.53 Å². The van der Waals surface area contributed by atoms with Gasteiger partial charge < -0.3 is 19.9 Å². The monoisotopic (exact) mass is 423 g/mol. The molecule has 8 heteroatoms. The predicted octanol–water partition coefficient (Wildman–Crippen LogP) is 3.52. The molecule has 1 aliphatic rings. The van der Waals surface area contributed by atoms with E-state index in [0.717, 1.165) is 25.7 Å². The highest BCUT2D eigenvalue weighted by Gasteiger charge is 2.25. The van der Waals surface area contributed by atoms with E-state index in [0.29, 0.717) is 29.3 Å². The van der Waals surface area contributed by atoms with Crippen molar-refractivity contribution in [2.45, 2.75) is 44.8 Å². The minimum atomic E-state index is -0.955. The fourth-order valence-electron chi connectivity index (χ4n) is 3.54. The van der Waals surface area contributed by atoms with E-state index in [1.54, 1.807) is 49.5 Å². The average molecular weight is 423 g/mol. The zero-order valence-electron chi connectivity index (χ0n) is 17.3. The number of hydrogen-bond donors (Lipinski definition) is 2. The Morgan fingerprint density at radius 2 is 2.03 bits per heavy atom. The van der Waals surface area contributed by atoms with Gasteiger partial charge in [0.1, 0.15) is 11.3 Å². The number of pyridine rings is 1. The fraction of sp³-hybridized carbons (Fsp3) is 0.391. The smallest absolute Gasteiger partial charge is 0.332 e. The van der Waals surface area contributed by atoms with Crippen LogP contribution >= 0.6 is 0 Å². The molecule has 0 saturated heterocycles. The number of aliphatic carboxylic acids is 1. The van der Waals surface area contributed by atoms with Gasteiger partial charge in [-0.15, -0.1) is 0 Å². The Labute approximate surface area is 180 Å². The van der Waals surface area contributed by atoms with Gasteiger partial charge in [-0.05, 0) is 68.9 Å². The molecule has 1 fully saturated rings. The SMILES string of the molecule is CC(OC1CCC(CNC(=O)c2cccnc2Oc2cccc(C#N)c2)CC1)C(=O)O. The summed E-state index contributed by atoms with van der Waals surface area (Å²) in [5.74, 6) is -0.325. The van der Waals surface area contributed by atoms with Crippen LogP contribution in [0.25, 0.3) is 0 Å². The van der Waals surface area contributed by atoms with E-state index in [1.165, 1.54) is 0 Å². The molecule has 3 rings (SSSR count). The van der Waals surface area contributed by atoms with Crippen molar-refractivity contribution in [2.24, 2.45) is 5.92 Å². The predicted molar refractivity (Wildman–Crippen MR) is 112 cm³/mol. The lowest BCUT2D eigenvalue weighted by Gasteiger charge is -2.29. The van der Waals surface area contributed by atoms with Crippen LogP contribution in [-0.4, -0.2) is 40.7 Å². The van der Waals surface area contributed by atoms with E-state index < -0.39 is 12.1 Å². The van der Waals surface area contributed by atoms with Gasteiger partial charge in [0.05, 0.1) is 17.7 Å². The molecule has 1 aromatic heterocycles. The number of carboxylic acids is 1. The van der Waals surface area contributed by atoms with Crippen LogP contribution in [0.4, 0.5) is 0 Å². The third kappa shape index (κ3) is 6.27. The summed E-state index contributed by atoms with van der Waals surface area (Å²) in [6.07, 6.45) is 3.94. The number of nitriles is 1. The molecular formula is C23H25N3O5. The Bertz CT molecular complexity index is 964. The summed E-state index contributed by atoms with van der Waals surface area (Å²) < 4.78 is 11.3. The number of carboxylic acid groups (broad SMARTS) is 1. The maximum Gasteiger partial charge on any atom is 0.332 e. The molecule has 2 N–H and O–H groups in total. The second-order valence-corrected chi connectivity index (χ2v) is 7.57. The minimum Gasteiger partial charge on any atom is -0.479 e. The van der Waals surface area contributed by atoms with Crippen molar-refractivity contribution in [1.82, 2.24) is 10.3 Å². The molecule has 1 atom stereocenters. The molecule has 1 amide bonds. The van der Waals surface area contributed by atoms with Crippen LogP contribution in [0.2, 0.25) is 0 Å². The highest BCUT2D eigenvalue weighted by Crippen LogP contribution is 2.27. The quantitative estimate of drug-likeness (QED) is 0.666. The molecule has 0 spiro atoms. The lowest BCUT2D eigenvalue weighted by molar-refractivity contribution is -0.154. The second-order valence-electron chi connectivity index (χ2n) is 7.57. The normalized spacial score (nSPS) is 19.1. The number of carbonyl (C=O) groups excluding carboxylic acids is 1. The van der Waals surface area contributed by atoms with Crippen LogP contribution in [0.15, 0.2) is 42.6 Å². The summed E-state index contributed by atoms with van der Waals surface area (Å²) in [6.45, 7) is 2.05. The molecule has 2 aromatic rings. The lowest BCUT2D eigenvalue weighted by Crippen LogP contribution is -2.34. The first-order valence-electron chi connectivity index (χ1n) is 10.3. The topological polar surface area (TPSA) is 122 Å². The van der Waals surface area contributed by atoms with Gasteiger partial charge in [-0.25, -0.2) is 9.78 Å². The molecular weight excluding hydrogens is 398 g/mol. The average Bonchev–Trinajstić information content (AvgIpc) is 2.78. The number of nitrogens with one attached hydrogen (secondary N) is 1. The van der Waals surface area contributed by atoms with Crippen molar-refractivity contribution >= 4 is 11.9 Å². The van der Waals surface area contributed by atoms with Gasteiger partial charge in [0.25, 0.3) is 5.91 Å². The van der Waals surface area contributed by atoms with Crippen LogP contribution in [0, 0.1) is 17.2 Å². The van der Waals surface area contributed by atoms with Crippen LogP contribution < -0.4 is 10.1 Å². The zero-order chi connectivity index (χ0) is 22.2. The van der Waals surface area contributed by atoms with E-state index in [-0.39, 0.29) is 17.9 Å². The van der Waals surface area contributed by atoms with Crippen LogP contribution in [0.5, 0.6) is 11.6 Å². The number of nitrogens with zero attached hydrogens (tertiary/aromatic N) is 2. The molecule has 31 heavy (non-hydrogen) atoms. The molecule has 1 unspecified atom stereocenters. The molecule has 1 heterocycles. The molecule has 0 aliphatic heterocycles. The van der Waals surface area contributed by atoms with Gasteiger partial charge in [-0.2, -0.15) is 5.26 Å². The van der Waals surface area contributed by atoms with Gasteiger partial charge >= 0.3 is 5.97 Å². The second kappa shape index (κ2) is 10.5. The Morgan fingerprint density at radius 1 is 1.26 bits per heavy atom. The van der Waals surface area contributed by atoms with Gasteiger partial charge in [-0.3, -0.25) is 4.79 Å². The molecule has 0 bridgehead atoms. The van der Waals surface area contributed by atoms with Crippen LogP contribution in [0.3, 0.4) is 0 Å². The summed E-state index contributed by atoms with van der Waals surface area (Å²) in [4.78, 5) is 27.8. The Balaban J connectivity index is 1.54. The minimum absolute atomic E-state index is 0.0550. The van der Waals surface area contributed by atoms with Crippen molar-refractivity contribution in [3.8, 4) is 17.7 Å². The Morgan fingerprint density at radius 3 is 2.74 bits per heavy atom. The van der Waals surface area contributed by atoms with Crippen LogP contribution in [0.1, 0.15) is 48.5 Å². The first-order chi connectivity index (χ1) is 15.0. The van der Waals surface area contributed by atoms with E-state index in [9.17, 15) is 9.59 Å². The third-order valence-electron chi connectivity index (χ3n) is 5.28. The molecule has 162 valence electrons. The lowest BCUT2D eigenvalue weighted by atomic mass is 9.87. The molecule has 0 radical (unpaired) electrons. The fourth-order valence-corrected chi connectivity index (χ4v) is 3.54. The van der Waals surface area contributed by atoms with Crippen molar-refractivity contribution in [3.05, 3.63) is 53.7 Å². The van der Waals surface area contributed by atoms with Gasteiger partial charge in [-0.1, -0.05) is 6.07 Å². The summed E-state index contributed by atoms with van der Waals surface area (Å²) in [5, 5.41) is 20.9. The summed E-state index contributed by atoms with van der Waals surface area (Å²) in [7, 11) is 0. The maximum absolute atomic E-state index is 12.7. The number of carbonyl (C=O) groups is 2.